The molecule has 1 aromatic rings. The standard InChI is InChI=1S/C13H18ClNO3/c1-13(2,6-7-14)15-12(17)9-4-5-11(18-3)10(16)8-9/h4-5,8,16H,6-7H2,1-3H3,(H,15,17). The highest BCUT2D eigenvalue weighted by molar-refractivity contribution is 6.17. The van der Waals surface area contributed by atoms with E-state index < -0.39 is 0 Å². The van der Waals surface area contributed by atoms with Crippen LogP contribution in [0.2, 0.25) is 0 Å². The molecule has 0 aliphatic heterocycles. The fourth-order valence-electron chi connectivity index (χ4n) is 1.51. The van der Waals surface area contributed by atoms with Gasteiger partial charge in [0.25, 0.3) is 5.91 Å². The third kappa shape index (κ3) is 3.81. The van der Waals surface area contributed by atoms with Crippen LogP contribution in [0.5, 0.6) is 11.5 Å². The minimum atomic E-state index is -0.381. The molecule has 4 nitrogen and oxygen atoms in total. The van der Waals surface area contributed by atoms with Crippen molar-refractivity contribution in [1.29, 1.82) is 0 Å². The Morgan fingerprint density at radius 3 is 2.67 bits per heavy atom. The molecule has 0 saturated heterocycles. The van der Waals surface area contributed by atoms with Gasteiger partial charge in [-0.25, -0.2) is 0 Å². The molecule has 1 amide bonds. The minimum Gasteiger partial charge on any atom is -0.504 e. The molecule has 0 saturated carbocycles. The van der Waals surface area contributed by atoms with Crippen LogP contribution in [0.4, 0.5) is 0 Å². The molecule has 0 aliphatic rings. The predicted molar refractivity (Wildman–Crippen MR) is 71.5 cm³/mol. The fraction of sp³-hybridized carbons (Fsp3) is 0.462. The number of halogens is 1. The lowest BCUT2D eigenvalue weighted by atomic mass is 10.0. The Bertz CT molecular complexity index is 432. The molecule has 0 fully saturated rings. The summed E-state index contributed by atoms with van der Waals surface area (Å²) < 4.78 is 4.92. The zero-order chi connectivity index (χ0) is 13.8. The molecule has 0 aromatic heterocycles. The van der Waals surface area contributed by atoms with Crippen LogP contribution in [-0.4, -0.2) is 29.5 Å². The number of phenolic OH excluding ortho intramolecular Hbond substituents is 1. The van der Waals surface area contributed by atoms with E-state index in [2.05, 4.69) is 5.32 Å². The molecule has 0 radical (unpaired) electrons. The van der Waals surface area contributed by atoms with E-state index >= 15 is 0 Å². The van der Waals surface area contributed by atoms with Gasteiger partial charge in [-0.05, 0) is 38.5 Å². The van der Waals surface area contributed by atoms with Gasteiger partial charge in [-0.1, -0.05) is 0 Å². The van der Waals surface area contributed by atoms with E-state index in [1.807, 2.05) is 13.8 Å². The van der Waals surface area contributed by atoms with Crippen LogP contribution >= 0.6 is 11.6 Å². The zero-order valence-corrected chi connectivity index (χ0v) is 11.5. The number of carbonyl (C=O) groups excluding carboxylic acids is 1. The van der Waals surface area contributed by atoms with Gasteiger partial charge in [0, 0.05) is 17.0 Å². The summed E-state index contributed by atoms with van der Waals surface area (Å²) in [6.45, 7) is 3.80. The third-order valence-electron chi connectivity index (χ3n) is 2.61. The molecule has 1 aromatic carbocycles. The molecule has 2 N–H and O–H groups in total. The van der Waals surface area contributed by atoms with E-state index in [9.17, 15) is 9.90 Å². The first kappa shape index (κ1) is 14.6. The molecule has 0 spiro atoms. The van der Waals surface area contributed by atoms with Crippen LogP contribution in [0, 0.1) is 0 Å². The van der Waals surface area contributed by atoms with E-state index in [-0.39, 0.29) is 17.2 Å². The van der Waals surface area contributed by atoms with Crippen LogP contribution < -0.4 is 10.1 Å². The highest BCUT2D eigenvalue weighted by Crippen LogP contribution is 2.26. The summed E-state index contributed by atoms with van der Waals surface area (Å²) in [5.41, 5.74) is 0.00456. The number of ether oxygens (including phenoxy) is 1. The molecular weight excluding hydrogens is 254 g/mol. The van der Waals surface area contributed by atoms with Gasteiger partial charge < -0.3 is 15.2 Å². The van der Waals surface area contributed by atoms with Gasteiger partial charge in [0.1, 0.15) is 0 Å². The Kier molecular flexibility index (Phi) is 4.84. The van der Waals surface area contributed by atoms with Crippen molar-refractivity contribution in [2.75, 3.05) is 13.0 Å². The maximum absolute atomic E-state index is 12.0. The van der Waals surface area contributed by atoms with Crippen LogP contribution in [0.15, 0.2) is 18.2 Å². The monoisotopic (exact) mass is 271 g/mol. The topological polar surface area (TPSA) is 58.6 Å². The first-order chi connectivity index (χ1) is 8.39. The largest absolute Gasteiger partial charge is 0.504 e. The Morgan fingerprint density at radius 1 is 1.50 bits per heavy atom. The molecule has 0 bridgehead atoms. The zero-order valence-electron chi connectivity index (χ0n) is 10.8. The lowest BCUT2D eigenvalue weighted by Crippen LogP contribution is -2.43. The van der Waals surface area contributed by atoms with Gasteiger partial charge in [0.05, 0.1) is 7.11 Å². The summed E-state index contributed by atoms with van der Waals surface area (Å²) in [4.78, 5) is 12.0. The Balaban J connectivity index is 2.82. The molecule has 100 valence electrons. The van der Waals surface area contributed by atoms with Crippen LogP contribution in [0.3, 0.4) is 0 Å². The van der Waals surface area contributed by atoms with Crippen molar-refractivity contribution in [2.45, 2.75) is 25.8 Å². The van der Waals surface area contributed by atoms with Crippen molar-refractivity contribution < 1.29 is 14.6 Å². The van der Waals surface area contributed by atoms with Crippen LogP contribution in [-0.2, 0) is 0 Å². The number of hydrogen-bond donors (Lipinski definition) is 2. The van der Waals surface area contributed by atoms with Crippen molar-refractivity contribution in [3.05, 3.63) is 23.8 Å². The van der Waals surface area contributed by atoms with Gasteiger partial charge in [0.2, 0.25) is 0 Å². The maximum Gasteiger partial charge on any atom is 0.251 e. The van der Waals surface area contributed by atoms with Crippen molar-refractivity contribution in [2.24, 2.45) is 0 Å². The number of methoxy groups -OCH3 is 1. The number of alkyl halides is 1. The number of phenols is 1. The van der Waals surface area contributed by atoms with Gasteiger partial charge in [0.15, 0.2) is 11.5 Å². The Hall–Kier alpha value is -1.42. The summed E-state index contributed by atoms with van der Waals surface area (Å²) in [5, 5.41) is 12.5. The van der Waals surface area contributed by atoms with Gasteiger partial charge in [-0.2, -0.15) is 0 Å². The predicted octanol–water partition coefficient (Wildman–Crippen LogP) is 2.54. The summed E-state index contributed by atoms with van der Waals surface area (Å²) in [7, 11) is 1.46. The van der Waals surface area contributed by atoms with Crippen molar-refractivity contribution in [3.8, 4) is 11.5 Å². The second-order valence-electron chi connectivity index (χ2n) is 4.66. The molecular formula is C13H18ClNO3. The van der Waals surface area contributed by atoms with Gasteiger partial charge in [-0.3, -0.25) is 4.79 Å². The average molecular weight is 272 g/mol. The number of hydrogen-bond acceptors (Lipinski definition) is 3. The quantitative estimate of drug-likeness (QED) is 0.809. The molecule has 0 unspecified atom stereocenters. The first-order valence-electron chi connectivity index (χ1n) is 5.65. The van der Waals surface area contributed by atoms with E-state index in [4.69, 9.17) is 16.3 Å². The van der Waals surface area contributed by atoms with E-state index in [0.29, 0.717) is 23.6 Å². The fourth-order valence-corrected chi connectivity index (χ4v) is 1.98. The molecule has 0 heterocycles. The lowest BCUT2D eigenvalue weighted by Gasteiger charge is -2.25. The number of nitrogens with one attached hydrogen (secondary N) is 1. The smallest absolute Gasteiger partial charge is 0.251 e. The Labute approximate surface area is 112 Å². The second-order valence-corrected chi connectivity index (χ2v) is 5.04. The molecule has 0 aliphatic carbocycles. The number of benzene rings is 1. The minimum absolute atomic E-state index is 0.0553. The van der Waals surface area contributed by atoms with Crippen LogP contribution in [0.1, 0.15) is 30.6 Å². The van der Waals surface area contributed by atoms with Crippen molar-refractivity contribution in [3.63, 3.8) is 0 Å². The summed E-state index contributed by atoms with van der Waals surface area (Å²) in [6, 6.07) is 4.54. The number of amides is 1. The molecule has 0 atom stereocenters. The van der Waals surface area contributed by atoms with E-state index in [1.165, 1.54) is 13.2 Å². The molecule has 18 heavy (non-hydrogen) atoms. The van der Waals surface area contributed by atoms with Crippen molar-refractivity contribution in [1.82, 2.24) is 5.32 Å². The highest BCUT2D eigenvalue weighted by Gasteiger charge is 2.21. The average Bonchev–Trinajstić information content (AvgIpc) is 2.28. The summed E-state index contributed by atoms with van der Waals surface area (Å²) in [6.07, 6.45) is 0.669. The van der Waals surface area contributed by atoms with Gasteiger partial charge in [-0.15, -0.1) is 11.6 Å². The van der Waals surface area contributed by atoms with Gasteiger partial charge >= 0.3 is 0 Å². The maximum atomic E-state index is 12.0. The number of carbonyl (C=O) groups is 1. The summed E-state index contributed by atoms with van der Waals surface area (Å²) >= 11 is 5.67. The second kappa shape index (κ2) is 5.96. The van der Waals surface area contributed by atoms with Crippen LogP contribution in [0.25, 0.3) is 0 Å². The lowest BCUT2D eigenvalue weighted by molar-refractivity contribution is 0.0911. The SMILES string of the molecule is COc1ccc(C(=O)NC(C)(C)CCCl)cc1O. The highest BCUT2D eigenvalue weighted by atomic mass is 35.5. The van der Waals surface area contributed by atoms with E-state index in [0.717, 1.165) is 0 Å². The third-order valence-corrected chi connectivity index (χ3v) is 2.80. The first-order valence-corrected chi connectivity index (χ1v) is 6.18. The number of aromatic hydroxyl groups is 1. The Morgan fingerprint density at radius 2 is 2.17 bits per heavy atom. The number of rotatable bonds is 5. The van der Waals surface area contributed by atoms with E-state index in [1.54, 1.807) is 12.1 Å². The normalized spacial score (nSPS) is 11.1. The molecule has 1 rings (SSSR count). The summed E-state index contributed by atoms with van der Waals surface area (Å²) in [5.74, 6) is 0.510. The van der Waals surface area contributed by atoms with Crippen molar-refractivity contribution >= 4 is 17.5 Å². The molecule has 5 heteroatoms.